The van der Waals surface area contributed by atoms with Crippen LogP contribution in [-0.4, -0.2) is 34.2 Å². The van der Waals surface area contributed by atoms with Crippen LogP contribution in [0.1, 0.15) is 5.56 Å². The highest BCUT2D eigenvalue weighted by atomic mass is 15.2. The van der Waals surface area contributed by atoms with Gasteiger partial charge in [0.15, 0.2) is 11.9 Å². The number of rotatable bonds is 3. The quantitative estimate of drug-likeness (QED) is 0.214. The molecule has 0 atom stereocenters. The Morgan fingerprint density at radius 2 is 2.00 bits per heavy atom. The van der Waals surface area contributed by atoms with Gasteiger partial charge in [0.25, 0.3) is 0 Å². The minimum absolute atomic E-state index is 0.0582. The highest BCUT2D eigenvalue weighted by molar-refractivity contribution is 6.49. The van der Waals surface area contributed by atoms with Gasteiger partial charge in [-0.15, -0.1) is 0 Å². The van der Waals surface area contributed by atoms with Crippen molar-refractivity contribution >= 4 is 38.5 Å². The lowest BCUT2D eigenvalue weighted by Crippen LogP contribution is -2.44. The summed E-state index contributed by atoms with van der Waals surface area (Å²) in [7, 11) is 4.19. The van der Waals surface area contributed by atoms with Gasteiger partial charge in [0.1, 0.15) is 15.7 Å². The van der Waals surface area contributed by atoms with E-state index in [4.69, 9.17) is 16.6 Å². The van der Waals surface area contributed by atoms with Crippen LogP contribution >= 0.6 is 0 Å². The fraction of sp³-hybridized carbons (Fsp3) is 0.200. The largest absolute Gasteiger partial charge is 0.370 e. The number of nitrogens with one attached hydrogen (secondary N) is 4. The van der Waals surface area contributed by atoms with E-state index in [1.807, 2.05) is 6.07 Å². The maximum absolute atomic E-state index is 7.44. The summed E-state index contributed by atoms with van der Waals surface area (Å²) in [5.74, 6) is -0.169. The van der Waals surface area contributed by atoms with E-state index >= 15 is 0 Å². The molecule has 0 bridgehead atoms. The molecule has 0 saturated heterocycles. The molecule has 0 heterocycles. The first kappa shape index (κ1) is 13.2. The van der Waals surface area contributed by atoms with Crippen LogP contribution in [0, 0.1) is 10.8 Å². The molecule has 17 heavy (non-hydrogen) atoms. The van der Waals surface area contributed by atoms with Crippen LogP contribution in [0.3, 0.4) is 0 Å². The maximum atomic E-state index is 7.44. The smallest absolute Gasteiger partial charge is 0.195 e. The average molecular weight is 229 g/mol. The Bertz CT molecular complexity index is 433. The molecule has 88 valence electrons. The molecule has 0 fully saturated rings. The fourth-order valence-corrected chi connectivity index (χ4v) is 1.58. The van der Waals surface area contributed by atoms with E-state index in [1.54, 1.807) is 0 Å². The van der Waals surface area contributed by atoms with Crippen molar-refractivity contribution in [2.75, 3.05) is 6.54 Å². The highest BCUT2D eigenvalue weighted by Gasteiger charge is 2.01. The lowest BCUT2D eigenvalue weighted by atomic mass is 9.77. The molecule has 0 aliphatic heterocycles. The Morgan fingerprint density at radius 1 is 1.29 bits per heavy atom. The molecule has 0 saturated carbocycles. The van der Waals surface area contributed by atoms with E-state index in [2.05, 4.69) is 38.5 Å². The summed E-state index contributed by atoms with van der Waals surface area (Å²) in [6.07, 6.45) is 0.843. The lowest BCUT2D eigenvalue weighted by Gasteiger charge is -2.11. The Labute approximate surface area is 103 Å². The molecule has 0 aliphatic rings. The molecule has 0 radical (unpaired) electrons. The predicted octanol–water partition coefficient (Wildman–Crippen LogP) is -3.25. The third kappa shape index (κ3) is 4.22. The zero-order valence-corrected chi connectivity index (χ0v) is 10.2. The third-order valence-corrected chi connectivity index (χ3v) is 2.67. The number of hydrogen-bond acceptors (Lipinski definition) is 2. The van der Waals surface area contributed by atoms with Crippen LogP contribution in [0.2, 0.25) is 0 Å². The Morgan fingerprint density at radius 3 is 2.65 bits per heavy atom. The van der Waals surface area contributed by atoms with Gasteiger partial charge in [-0.2, -0.15) is 0 Å². The number of hydrogen-bond donors (Lipinski definition) is 5. The lowest BCUT2D eigenvalue weighted by molar-refractivity contribution is 0.844. The van der Waals surface area contributed by atoms with Gasteiger partial charge >= 0.3 is 0 Å². The topological polar surface area (TPSA) is 97.8 Å². The van der Waals surface area contributed by atoms with Gasteiger partial charge in [0.05, 0.1) is 0 Å². The Kier molecular flexibility index (Phi) is 4.63. The second-order valence-corrected chi connectivity index (χ2v) is 3.95. The second kappa shape index (κ2) is 5.98. The second-order valence-electron chi connectivity index (χ2n) is 3.95. The Hall–Kier alpha value is -1.91. The molecule has 5 nitrogen and oxygen atoms in total. The summed E-state index contributed by atoms with van der Waals surface area (Å²) in [5.41, 5.74) is 8.95. The molecule has 1 rings (SSSR count). The van der Waals surface area contributed by atoms with Crippen LogP contribution in [0.5, 0.6) is 0 Å². The molecule has 0 amide bonds. The average Bonchev–Trinajstić information content (AvgIpc) is 2.23. The molecule has 1 aromatic carbocycles. The molecule has 0 aromatic heterocycles. The summed E-state index contributed by atoms with van der Waals surface area (Å²) in [6.45, 7) is 0.642. The van der Waals surface area contributed by atoms with Gasteiger partial charge in [-0.1, -0.05) is 34.7 Å². The minimum atomic E-state index is -0.228. The van der Waals surface area contributed by atoms with Crippen molar-refractivity contribution in [2.24, 2.45) is 5.73 Å². The fourth-order valence-electron chi connectivity index (χ4n) is 1.58. The van der Waals surface area contributed by atoms with Crippen molar-refractivity contribution in [1.29, 1.82) is 10.8 Å². The van der Waals surface area contributed by atoms with Gasteiger partial charge in [0, 0.05) is 6.54 Å². The molecule has 0 spiro atoms. The van der Waals surface area contributed by atoms with Gasteiger partial charge in [-0.3, -0.25) is 16.1 Å². The van der Waals surface area contributed by atoms with Crippen molar-refractivity contribution in [2.45, 2.75) is 6.42 Å². The third-order valence-electron chi connectivity index (χ3n) is 2.67. The summed E-state index contributed by atoms with van der Waals surface area (Å²) >= 11 is 0. The van der Waals surface area contributed by atoms with Crippen molar-refractivity contribution in [3.63, 3.8) is 0 Å². The van der Waals surface area contributed by atoms with Crippen molar-refractivity contribution in [3.8, 4) is 0 Å². The summed E-state index contributed by atoms with van der Waals surface area (Å²) in [6, 6.07) is 6.22. The zero-order valence-electron chi connectivity index (χ0n) is 10.2. The van der Waals surface area contributed by atoms with Crippen molar-refractivity contribution in [3.05, 3.63) is 23.8 Å². The molecule has 0 aliphatic carbocycles. The molecular weight excluding hydrogens is 212 g/mol. The van der Waals surface area contributed by atoms with E-state index in [9.17, 15) is 0 Å². The van der Waals surface area contributed by atoms with Gasteiger partial charge < -0.3 is 11.1 Å². The van der Waals surface area contributed by atoms with E-state index in [1.165, 1.54) is 16.5 Å². The van der Waals surface area contributed by atoms with Crippen molar-refractivity contribution in [1.82, 2.24) is 10.6 Å². The standard InChI is InChI=1S/C10H17B2N5/c11-7-3-1-2-6(8(7)12)4-5-16-10(15)17-9(13)14/h1-3H,4-5,11-12H2,(H6,13,14,15,16,17). The monoisotopic (exact) mass is 229 g/mol. The Balaban J connectivity index is 2.43. The number of nitrogens with two attached hydrogens (primary N) is 1. The number of guanidine groups is 2. The van der Waals surface area contributed by atoms with Crippen LogP contribution in [0.25, 0.3) is 0 Å². The molecule has 1 aromatic rings. The maximum Gasteiger partial charge on any atom is 0.195 e. The van der Waals surface area contributed by atoms with Crippen molar-refractivity contribution < 1.29 is 0 Å². The SMILES string of the molecule is Bc1cccc(CCNC(=N)NC(=N)N)c1B. The molecular formula is C10H17B2N5. The van der Waals surface area contributed by atoms with E-state index in [0.29, 0.717) is 6.54 Å². The minimum Gasteiger partial charge on any atom is -0.370 e. The van der Waals surface area contributed by atoms with Crippen LogP contribution in [0.15, 0.2) is 18.2 Å². The number of benzene rings is 1. The van der Waals surface area contributed by atoms with Crippen LogP contribution in [-0.2, 0) is 6.42 Å². The van der Waals surface area contributed by atoms with Crippen LogP contribution < -0.4 is 27.3 Å². The summed E-state index contributed by atoms with van der Waals surface area (Å²) in [4.78, 5) is 0. The first-order valence-corrected chi connectivity index (χ1v) is 5.49. The van der Waals surface area contributed by atoms with E-state index in [-0.39, 0.29) is 11.9 Å². The molecule has 0 unspecified atom stereocenters. The van der Waals surface area contributed by atoms with Gasteiger partial charge in [0.2, 0.25) is 0 Å². The van der Waals surface area contributed by atoms with E-state index < -0.39 is 0 Å². The summed E-state index contributed by atoms with van der Waals surface area (Å²) < 4.78 is 0. The van der Waals surface area contributed by atoms with E-state index in [0.717, 1.165) is 6.42 Å². The first-order valence-electron chi connectivity index (χ1n) is 5.49. The van der Waals surface area contributed by atoms with Gasteiger partial charge in [-0.25, -0.2) is 0 Å². The molecule has 6 N–H and O–H groups in total. The van der Waals surface area contributed by atoms with Gasteiger partial charge in [-0.05, 0) is 6.42 Å². The zero-order chi connectivity index (χ0) is 12.8. The highest BCUT2D eigenvalue weighted by Crippen LogP contribution is 1.93. The molecule has 7 heteroatoms. The summed E-state index contributed by atoms with van der Waals surface area (Å²) in [5, 5.41) is 19.7. The normalized spacial score (nSPS) is 9.65. The first-order chi connectivity index (χ1) is 8.00. The predicted molar refractivity (Wildman–Crippen MR) is 77.3 cm³/mol. The van der Waals surface area contributed by atoms with Crippen LogP contribution in [0.4, 0.5) is 0 Å².